The zero-order valence-electron chi connectivity index (χ0n) is 16.2. The van der Waals surface area contributed by atoms with Gasteiger partial charge in [0.15, 0.2) is 5.69 Å². The Morgan fingerprint density at radius 1 is 1.00 bits per heavy atom. The fraction of sp³-hybridized carbons (Fsp3) is 0.286. The van der Waals surface area contributed by atoms with Crippen LogP contribution in [0.15, 0.2) is 47.8 Å². The molecule has 7 nitrogen and oxygen atoms in total. The molecule has 1 aromatic carbocycles. The van der Waals surface area contributed by atoms with Gasteiger partial charge in [-0.3, -0.25) is 14.3 Å². The summed E-state index contributed by atoms with van der Waals surface area (Å²) in [6, 6.07) is 13.0. The average molecular weight is 410 g/mol. The van der Waals surface area contributed by atoms with Crippen molar-refractivity contribution in [3.05, 3.63) is 58.4 Å². The maximum absolute atomic E-state index is 12.6. The minimum atomic E-state index is -0.317. The maximum Gasteiger partial charge on any atom is 0.276 e. The molecule has 0 aliphatic carbocycles. The molecular formula is C21H23N5O2S. The van der Waals surface area contributed by atoms with Crippen LogP contribution in [0.25, 0.3) is 0 Å². The lowest BCUT2D eigenvalue weighted by Gasteiger charge is -2.28. The van der Waals surface area contributed by atoms with Gasteiger partial charge in [0.25, 0.3) is 11.8 Å². The van der Waals surface area contributed by atoms with Gasteiger partial charge in [-0.25, -0.2) is 0 Å². The average Bonchev–Trinajstić information content (AvgIpc) is 3.40. The van der Waals surface area contributed by atoms with E-state index in [1.54, 1.807) is 19.2 Å². The molecule has 0 bridgehead atoms. The van der Waals surface area contributed by atoms with Crippen LogP contribution in [0.3, 0.4) is 0 Å². The largest absolute Gasteiger partial charge is 0.372 e. The summed E-state index contributed by atoms with van der Waals surface area (Å²) in [6.45, 7) is 2.17. The van der Waals surface area contributed by atoms with Crippen molar-refractivity contribution < 1.29 is 9.59 Å². The Hall–Kier alpha value is -3.13. The first-order valence-corrected chi connectivity index (χ1v) is 10.5. The van der Waals surface area contributed by atoms with E-state index < -0.39 is 0 Å². The smallest absolute Gasteiger partial charge is 0.276 e. The second kappa shape index (κ2) is 8.48. The molecule has 0 atom stereocenters. The molecule has 1 aliphatic heterocycles. The molecule has 0 spiro atoms. The van der Waals surface area contributed by atoms with Crippen LogP contribution in [-0.4, -0.2) is 34.7 Å². The van der Waals surface area contributed by atoms with E-state index in [-0.39, 0.29) is 17.5 Å². The van der Waals surface area contributed by atoms with Gasteiger partial charge in [0.05, 0.1) is 4.88 Å². The molecule has 2 aromatic heterocycles. The predicted molar refractivity (Wildman–Crippen MR) is 116 cm³/mol. The Morgan fingerprint density at radius 3 is 2.45 bits per heavy atom. The molecule has 1 aliphatic rings. The number of carbonyl (C=O) groups excluding carboxylic acids is 2. The van der Waals surface area contributed by atoms with Crippen molar-refractivity contribution in [1.29, 1.82) is 0 Å². The fourth-order valence-electron chi connectivity index (χ4n) is 3.38. The molecule has 0 unspecified atom stereocenters. The van der Waals surface area contributed by atoms with Crippen molar-refractivity contribution in [2.45, 2.75) is 19.3 Å². The first-order chi connectivity index (χ1) is 14.1. The second-order valence-electron chi connectivity index (χ2n) is 7.02. The lowest BCUT2D eigenvalue weighted by atomic mass is 10.1. The van der Waals surface area contributed by atoms with E-state index in [4.69, 9.17) is 0 Å². The summed E-state index contributed by atoms with van der Waals surface area (Å²) in [6.07, 6.45) is 3.75. The Balaban J connectivity index is 1.40. The summed E-state index contributed by atoms with van der Waals surface area (Å²) in [7, 11) is 1.69. The minimum absolute atomic E-state index is 0.219. The zero-order chi connectivity index (χ0) is 20.2. The van der Waals surface area contributed by atoms with Gasteiger partial charge in [0.1, 0.15) is 5.82 Å². The fourth-order valence-corrected chi connectivity index (χ4v) is 4.00. The molecular weight excluding hydrogens is 386 g/mol. The molecule has 8 heteroatoms. The van der Waals surface area contributed by atoms with E-state index in [0.717, 1.165) is 13.1 Å². The minimum Gasteiger partial charge on any atom is -0.372 e. The lowest BCUT2D eigenvalue weighted by molar-refractivity contribution is 0.101. The number of aromatic nitrogens is 2. The van der Waals surface area contributed by atoms with Gasteiger partial charge >= 0.3 is 0 Å². The molecule has 3 heterocycles. The standard InChI is InChI=1S/C21H23N5O2S/c1-25-19(23-21(28)18-6-5-13-29-18)14-17(24-25)20(27)22-15-7-9-16(10-8-15)26-11-3-2-4-12-26/h5-10,13-14H,2-4,11-12H2,1H3,(H,22,27)(H,23,28). The highest BCUT2D eigenvalue weighted by molar-refractivity contribution is 7.12. The van der Waals surface area contributed by atoms with Crippen LogP contribution >= 0.6 is 11.3 Å². The van der Waals surface area contributed by atoms with Gasteiger partial charge < -0.3 is 15.5 Å². The molecule has 0 saturated carbocycles. The Kier molecular flexibility index (Phi) is 5.62. The van der Waals surface area contributed by atoms with Crippen LogP contribution in [0.2, 0.25) is 0 Å². The first kappa shape index (κ1) is 19.2. The Labute approximate surface area is 173 Å². The van der Waals surface area contributed by atoms with Gasteiger partial charge in [0.2, 0.25) is 0 Å². The third-order valence-corrected chi connectivity index (χ3v) is 5.81. The van der Waals surface area contributed by atoms with Gasteiger partial charge in [0, 0.05) is 37.6 Å². The summed E-state index contributed by atoms with van der Waals surface area (Å²) < 4.78 is 1.49. The van der Waals surface area contributed by atoms with Crippen LogP contribution < -0.4 is 15.5 Å². The number of nitrogens with zero attached hydrogens (tertiary/aromatic N) is 3. The summed E-state index contributed by atoms with van der Waals surface area (Å²) in [5.41, 5.74) is 2.14. The molecule has 150 valence electrons. The highest BCUT2D eigenvalue weighted by Crippen LogP contribution is 2.22. The molecule has 2 N–H and O–H groups in total. The third-order valence-electron chi connectivity index (χ3n) is 4.95. The molecule has 29 heavy (non-hydrogen) atoms. The van der Waals surface area contributed by atoms with Crippen LogP contribution in [0.4, 0.5) is 17.2 Å². The van der Waals surface area contributed by atoms with Crippen molar-refractivity contribution in [2.24, 2.45) is 7.05 Å². The number of thiophene rings is 1. The maximum atomic E-state index is 12.6. The number of aryl methyl sites for hydroxylation is 1. The van der Waals surface area contributed by atoms with E-state index in [9.17, 15) is 9.59 Å². The topological polar surface area (TPSA) is 79.3 Å². The van der Waals surface area contributed by atoms with Crippen molar-refractivity contribution in [2.75, 3.05) is 28.6 Å². The number of hydrogen-bond donors (Lipinski definition) is 2. The zero-order valence-corrected chi connectivity index (χ0v) is 17.0. The quantitative estimate of drug-likeness (QED) is 0.668. The van der Waals surface area contributed by atoms with Crippen LogP contribution in [-0.2, 0) is 7.05 Å². The number of rotatable bonds is 5. The van der Waals surface area contributed by atoms with Crippen molar-refractivity contribution >= 4 is 40.3 Å². The van der Waals surface area contributed by atoms with Crippen LogP contribution in [0.1, 0.15) is 39.4 Å². The monoisotopic (exact) mass is 409 g/mol. The molecule has 1 saturated heterocycles. The predicted octanol–water partition coefficient (Wildman–Crippen LogP) is 3.98. The van der Waals surface area contributed by atoms with Gasteiger partial charge in [-0.05, 0) is 55.0 Å². The van der Waals surface area contributed by atoms with Crippen LogP contribution in [0, 0.1) is 0 Å². The summed E-state index contributed by atoms with van der Waals surface area (Å²) in [5, 5.41) is 11.7. The number of nitrogens with one attached hydrogen (secondary N) is 2. The van der Waals surface area contributed by atoms with E-state index in [0.29, 0.717) is 16.4 Å². The molecule has 1 fully saturated rings. The summed E-state index contributed by atoms with van der Waals surface area (Å²) in [5.74, 6) is -0.0693. The van der Waals surface area contributed by atoms with Crippen LogP contribution in [0.5, 0.6) is 0 Å². The lowest BCUT2D eigenvalue weighted by Crippen LogP contribution is -2.29. The van der Waals surface area contributed by atoms with Crippen molar-refractivity contribution in [3.63, 3.8) is 0 Å². The van der Waals surface area contributed by atoms with E-state index in [2.05, 4.69) is 20.6 Å². The number of hydrogen-bond acceptors (Lipinski definition) is 5. The van der Waals surface area contributed by atoms with E-state index in [1.165, 1.54) is 41.0 Å². The molecule has 3 aromatic rings. The number of benzene rings is 1. The number of anilines is 3. The van der Waals surface area contributed by atoms with E-state index >= 15 is 0 Å². The van der Waals surface area contributed by atoms with Gasteiger partial charge in [-0.1, -0.05) is 6.07 Å². The van der Waals surface area contributed by atoms with E-state index in [1.807, 2.05) is 35.7 Å². The van der Waals surface area contributed by atoms with Gasteiger partial charge in [-0.2, -0.15) is 5.10 Å². The summed E-state index contributed by atoms with van der Waals surface area (Å²) in [4.78, 5) is 27.8. The van der Waals surface area contributed by atoms with Crippen molar-refractivity contribution in [3.8, 4) is 0 Å². The summed E-state index contributed by atoms with van der Waals surface area (Å²) >= 11 is 1.36. The third kappa shape index (κ3) is 4.48. The number of piperidine rings is 1. The van der Waals surface area contributed by atoms with Crippen molar-refractivity contribution in [1.82, 2.24) is 9.78 Å². The first-order valence-electron chi connectivity index (χ1n) is 9.65. The Morgan fingerprint density at radius 2 is 1.76 bits per heavy atom. The second-order valence-corrected chi connectivity index (χ2v) is 7.97. The Bertz CT molecular complexity index is 989. The highest BCUT2D eigenvalue weighted by Gasteiger charge is 2.16. The highest BCUT2D eigenvalue weighted by atomic mass is 32.1. The molecule has 4 rings (SSSR count). The normalized spacial score (nSPS) is 13.9. The number of carbonyl (C=O) groups is 2. The number of amides is 2. The molecule has 2 amide bonds. The SMILES string of the molecule is Cn1nc(C(=O)Nc2ccc(N3CCCCC3)cc2)cc1NC(=O)c1cccs1. The molecule has 0 radical (unpaired) electrons. The van der Waals surface area contributed by atoms with Gasteiger partial charge in [-0.15, -0.1) is 11.3 Å².